The number of halogens is 2. The van der Waals surface area contributed by atoms with Crippen LogP contribution in [0.15, 0.2) is 63.3 Å². The molecule has 2 aromatic carbocycles. The third kappa shape index (κ3) is 11.5. The van der Waals surface area contributed by atoms with Crippen LogP contribution in [-0.2, 0) is 19.1 Å². The van der Waals surface area contributed by atoms with Gasteiger partial charge in [-0.2, -0.15) is 0 Å². The molecule has 12 nitrogen and oxygen atoms in total. The zero-order chi connectivity index (χ0) is 52.4. The standard InChI is InChI=1S/C59H75F2N3O9/c1-33(2)9-7-10-34(3)43-15-16-44-40-14-12-37-28-38(19-22-58(37,5)45(40)20-23-59(43,44)6)72-26-8-24-62-53(67)21-25-63-57(71)48(17-18-54(68)69)64-56(70)36-11-13-39(35(4)27-36)55-41-29-46(60)49(65)31-51(41)73-52-32-50(66)47(61)30-42(52)55/h11-13,27,29-34,38,40,43-45,48,65H,7-10,14-26,28H2,1-6H3,(H,62,67)(H,63,71)(H,64,70)(H,68,69)/t34-,38?,40+,43-,44+,45+,48+,58+,59-/m1/s1. The summed E-state index contributed by atoms with van der Waals surface area (Å²) in [5.74, 6) is -0.644. The highest BCUT2D eigenvalue weighted by Gasteiger charge is 2.59. The molecule has 3 amide bonds. The number of aromatic hydroxyl groups is 1. The molecule has 1 heterocycles. The van der Waals surface area contributed by atoms with E-state index in [1.54, 1.807) is 18.6 Å². The van der Waals surface area contributed by atoms with Gasteiger partial charge in [-0.25, -0.2) is 8.78 Å². The SMILES string of the molecule is Cc1cc(C(=O)N[C@@H](CCC(=O)O)C(=O)NCCC(=O)NCCCOC2CC[C@@]3(C)C(=CC[C@H]4[C@@H]5CC[C@H]([C@H](C)CCCC(C)C)[C@@]5(C)CC[C@@H]43)C2)ccc1-c1c2cc(F)c(=O)cc-2oc2cc(O)c(F)cc12. The average Bonchev–Trinajstić information content (AvgIpc) is 3.70. The van der Waals surface area contributed by atoms with E-state index >= 15 is 0 Å². The normalized spacial score (nSPS) is 25.3. The summed E-state index contributed by atoms with van der Waals surface area (Å²) in [6, 6.07) is 7.28. The van der Waals surface area contributed by atoms with E-state index in [4.69, 9.17) is 9.15 Å². The largest absolute Gasteiger partial charge is 0.505 e. The van der Waals surface area contributed by atoms with Crippen LogP contribution in [-0.4, -0.2) is 65.7 Å². The lowest BCUT2D eigenvalue weighted by molar-refractivity contribution is -0.137. The lowest BCUT2D eigenvalue weighted by Crippen LogP contribution is -2.51. The summed E-state index contributed by atoms with van der Waals surface area (Å²) in [5, 5.41) is 27.8. The van der Waals surface area contributed by atoms with Gasteiger partial charge in [-0.3, -0.25) is 24.0 Å². The number of fused-ring (bicyclic) bond motifs is 7. The number of carbonyl (C=O) groups is 4. The zero-order valence-electron chi connectivity index (χ0n) is 43.5. The molecule has 0 radical (unpaired) electrons. The first-order chi connectivity index (χ1) is 34.8. The first-order valence-corrected chi connectivity index (χ1v) is 26.8. The Kier molecular flexibility index (Phi) is 16.5. The minimum Gasteiger partial charge on any atom is -0.505 e. The Labute approximate surface area is 427 Å². The number of benzene rings is 3. The fraction of sp³-hybridized carbons (Fsp3) is 0.576. The summed E-state index contributed by atoms with van der Waals surface area (Å²) in [5.41, 5.74) is 2.90. The zero-order valence-corrected chi connectivity index (χ0v) is 43.5. The first kappa shape index (κ1) is 53.7. The van der Waals surface area contributed by atoms with E-state index in [2.05, 4.69) is 56.6 Å². The van der Waals surface area contributed by atoms with Gasteiger partial charge in [0.1, 0.15) is 17.4 Å². The third-order valence-corrected chi connectivity index (χ3v) is 17.8. The van der Waals surface area contributed by atoms with Gasteiger partial charge in [0.15, 0.2) is 17.4 Å². The van der Waals surface area contributed by atoms with Gasteiger partial charge in [-0.15, -0.1) is 0 Å². The van der Waals surface area contributed by atoms with Crippen molar-refractivity contribution in [2.75, 3.05) is 19.7 Å². The smallest absolute Gasteiger partial charge is 0.303 e. The molecule has 0 saturated heterocycles. The maximum absolute atomic E-state index is 14.7. The van der Waals surface area contributed by atoms with Crippen LogP contribution < -0.4 is 21.4 Å². The van der Waals surface area contributed by atoms with Gasteiger partial charge in [0.05, 0.1) is 6.10 Å². The van der Waals surface area contributed by atoms with Crippen molar-refractivity contribution < 1.29 is 47.3 Å². The molecule has 3 fully saturated rings. The maximum atomic E-state index is 14.7. The van der Waals surface area contributed by atoms with E-state index in [-0.39, 0.29) is 70.2 Å². The van der Waals surface area contributed by atoms with Gasteiger partial charge in [0, 0.05) is 66.7 Å². The van der Waals surface area contributed by atoms with Crippen molar-refractivity contribution in [3.63, 3.8) is 0 Å². The Morgan fingerprint density at radius 1 is 0.863 bits per heavy atom. The van der Waals surface area contributed by atoms with Crippen LogP contribution in [0.2, 0.25) is 0 Å². The van der Waals surface area contributed by atoms with Crippen molar-refractivity contribution in [2.24, 2.45) is 46.3 Å². The summed E-state index contributed by atoms with van der Waals surface area (Å²) < 4.78 is 41.5. The second-order valence-electron chi connectivity index (χ2n) is 22.8. The summed E-state index contributed by atoms with van der Waals surface area (Å²) in [6.45, 7) is 15.0. The number of aryl methyl sites for hydroxylation is 1. The number of hydrogen-bond donors (Lipinski definition) is 5. The van der Waals surface area contributed by atoms with Gasteiger partial charge in [-0.05, 0) is 153 Å². The van der Waals surface area contributed by atoms with Crippen LogP contribution in [0.5, 0.6) is 5.75 Å². The van der Waals surface area contributed by atoms with E-state index in [0.717, 1.165) is 79.0 Å². The van der Waals surface area contributed by atoms with Crippen molar-refractivity contribution in [2.45, 2.75) is 150 Å². The molecule has 9 atom stereocenters. The van der Waals surface area contributed by atoms with Crippen molar-refractivity contribution in [1.82, 2.24) is 16.0 Å². The number of amides is 3. The van der Waals surface area contributed by atoms with E-state index in [1.807, 2.05) is 0 Å². The fourth-order valence-corrected chi connectivity index (χ4v) is 13.9. The highest BCUT2D eigenvalue weighted by molar-refractivity contribution is 6.04. The number of hydrogen-bond acceptors (Lipinski definition) is 8. The molecule has 3 saturated carbocycles. The predicted molar refractivity (Wildman–Crippen MR) is 277 cm³/mol. The van der Waals surface area contributed by atoms with Crippen LogP contribution >= 0.6 is 0 Å². The maximum Gasteiger partial charge on any atom is 0.303 e. The molecular formula is C59H75F2N3O9. The number of allylic oxidation sites excluding steroid dienone is 1. The van der Waals surface area contributed by atoms with Gasteiger partial charge in [-0.1, -0.05) is 71.6 Å². The number of carboxylic acid groups (broad SMARTS) is 1. The minimum atomic E-state index is -1.24. The molecule has 2 aromatic rings. The van der Waals surface area contributed by atoms with Crippen LogP contribution in [0.25, 0.3) is 33.4 Å². The molecule has 0 spiro atoms. The number of aliphatic carboxylic acids is 1. The van der Waals surface area contributed by atoms with E-state index in [0.29, 0.717) is 36.1 Å². The van der Waals surface area contributed by atoms with Gasteiger partial charge >= 0.3 is 5.97 Å². The number of rotatable bonds is 20. The molecular weight excluding hydrogens is 933 g/mol. The van der Waals surface area contributed by atoms with Crippen molar-refractivity contribution in [3.8, 4) is 28.2 Å². The molecule has 8 rings (SSSR count). The molecule has 5 aliphatic carbocycles. The number of carbonyl (C=O) groups excluding carboxylic acids is 3. The van der Waals surface area contributed by atoms with Gasteiger partial charge in [0.2, 0.25) is 17.2 Å². The third-order valence-electron chi connectivity index (χ3n) is 17.8. The van der Waals surface area contributed by atoms with E-state index in [9.17, 15) is 43.0 Å². The van der Waals surface area contributed by atoms with E-state index in [1.165, 1.54) is 63.5 Å². The number of phenols is 1. The number of phenolic OH excluding ortho intramolecular Hbond substituents is 1. The van der Waals surface area contributed by atoms with E-state index < -0.39 is 53.1 Å². The topological polar surface area (TPSA) is 184 Å². The molecule has 6 aliphatic rings. The lowest BCUT2D eigenvalue weighted by atomic mass is 9.47. The molecule has 0 aromatic heterocycles. The van der Waals surface area contributed by atoms with Gasteiger partial charge in [0.25, 0.3) is 5.91 Å². The van der Waals surface area contributed by atoms with Crippen LogP contribution in [0.4, 0.5) is 8.78 Å². The molecule has 14 heteroatoms. The Morgan fingerprint density at radius 2 is 1.66 bits per heavy atom. The summed E-state index contributed by atoms with van der Waals surface area (Å²) in [6.07, 6.45) is 16.7. The van der Waals surface area contributed by atoms with Gasteiger partial charge < -0.3 is 35.3 Å². The summed E-state index contributed by atoms with van der Waals surface area (Å²) in [4.78, 5) is 63.4. The predicted octanol–water partition coefficient (Wildman–Crippen LogP) is 11.3. The molecule has 1 aliphatic heterocycles. The Hall–Kier alpha value is -5.63. The Bertz CT molecular complexity index is 2770. The minimum absolute atomic E-state index is 0.00650. The second kappa shape index (κ2) is 22.5. The quantitative estimate of drug-likeness (QED) is 0.0327. The van der Waals surface area contributed by atoms with Crippen molar-refractivity contribution >= 4 is 34.7 Å². The number of carboxylic acids is 1. The van der Waals surface area contributed by atoms with Crippen molar-refractivity contribution in [3.05, 3.63) is 87.1 Å². The Balaban J connectivity index is 0.789. The van der Waals surface area contributed by atoms with Crippen LogP contribution in [0, 0.1) is 64.9 Å². The van der Waals surface area contributed by atoms with Crippen LogP contribution in [0.3, 0.4) is 0 Å². The number of nitrogens with one attached hydrogen (secondary N) is 3. The summed E-state index contributed by atoms with van der Waals surface area (Å²) in [7, 11) is 0. The van der Waals surface area contributed by atoms with Crippen molar-refractivity contribution in [1.29, 1.82) is 0 Å². The molecule has 394 valence electrons. The Morgan fingerprint density at radius 3 is 2.41 bits per heavy atom. The summed E-state index contributed by atoms with van der Waals surface area (Å²) >= 11 is 0. The average molecular weight is 1010 g/mol. The monoisotopic (exact) mass is 1010 g/mol. The molecule has 73 heavy (non-hydrogen) atoms. The molecule has 1 unspecified atom stereocenters. The molecule has 5 N–H and O–H groups in total. The highest BCUT2D eigenvalue weighted by Crippen LogP contribution is 2.67. The fourth-order valence-electron chi connectivity index (χ4n) is 13.9. The molecule has 0 bridgehead atoms. The second-order valence-corrected chi connectivity index (χ2v) is 22.8. The van der Waals surface area contributed by atoms with Crippen LogP contribution in [0.1, 0.15) is 147 Å². The first-order valence-electron chi connectivity index (χ1n) is 26.8. The number of ether oxygens (including phenoxy) is 1. The highest BCUT2D eigenvalue weighted by atomic mass is 19.1. The lowest BCUT2D eigenvalue weighted by Gasteiger charge is -2.58.